The Kier molecular flexibility index (Phi) is 8.03. The highest BCUT2D eigenvalue weighted by Crippen LogP contribution is 2.28. The Bertz CT molecular complexity index is 927. The van der Waals surface area contributed by atoms with Gasteiger partial charge in [0.05, 0.1) is 27.2 Å². The van der Waals surface area contributed by atoms with Crippen molar-refractivity contribution in [2.45, 2.75) is 13.3 Å². The van der Waals surface area contributed by atoms with Gasteiger partial charge in [-0.15, -0.1) is 0 Å². The summed E-state index contributed by atoms with van der Waals surface area (Å²) in [4.78, 5) is 24.1. The van der Waals surface area contributed by atoms with E-state index in [4.69, 9.17) is 14.2 Å². The molecule has 0 aromatic heterocycles. The Morgan fingerprint density at radius 2 is 1.41 bits per heavy atom. The average molecular weight is 396 g/mol. The first kappa shape index (κ1) is 21.8. The molecule has 0 bridgehead atoms. The maximum Gasteiger partial charge on any atom is 0.163 e. The predicted molar refractivity (Wildman–Crippen MR) is 112 cm³/mol. The first-order valence-corrected chi connectivity index (χ1v) is 9.06. The zero-order chi connectivity index (χ0) is 21.2. The largest absolute Gasteiger partial charge is 0.504 e. The minimum atomic E-state index is -0.323. The number of phenols is 1. The van der Waals surface area contributed by atoms with Gasteiger partial charge >= 0.3 is 0 Å². The lowest BCUT2D eigenvalue weighted by molar-refractivity contribution is -0.121. The Morgan fingerprint density at radius 1 is 0.862 bits per heavy atom. The molecule has 29 heavy (non-hydrogen) atoms. The molecular formula is C23H24O6. The normalized spacial score (nSPS) is 11.0. The van der Waals surface area contributed by atoms with E-state index in [9.17, 15) is 14.7 Å². The van der Waals surface area contributed by atoms with Crippen molar-refractivity contribution in [2.24, 2.45) is 0 Å². The Labute approximate surface area is 170 Å². The number of carbonyl (C=O) groups excluding carboxylic acids is 2. The summed E-state index contributed by atoms with van der Waals surface area (Å²) >= 11 is 0. The van der Waals surface area contributed by atoms with Crippen molar-refractivity contribution in [3.8, 4) is 23.0 Å². The van der Waals surface area contributed by atoms with Crippen molar-refractivity contribution < 1.29 is 28.9 Å². The van der Waals surface area contributed by atoms with Gasteiger partial charge in [0.15, 0.2) is 34.6 Å². The fraction of sp³-hybridized carbons (Fsp3) is 0.217. The van der Waals surface area contributed by atoms with E-state index in [0.717, 1.165) is 5.56 Å². The Balaban J connectivity index is 1.97. The molecule has 0 saturated carbocycles. The monoisotopic (exact) mass is 396 g/mol. The quantitative estimate of drug-likeness (QED) is 0.482. The van der Waals surface area contributed by atoms with Crippen LogP contribution >= 0.6 is 0 Å². The van der Waals surface area contributed by atoms with Gasteiger partial charge in [0, 0.05) is 0 Å². The van der Waals surface area contributed by atoms with Crippen LogP contribution in [0.4, 0.5) is 0 Å². The molecular weight excluding hydrogens is 372 g/mol. The summed E-state index contributed by atoms with van der Waals surface area (Å²) in [6.07, 6.45) is 5.65. The molecule has 0 radical (unpaired) electrons. The molecule has 0 atom stereocenters. The summed E-state index contributed by atoms with van der Waals surface area (Å²) in [6.45, 7) is 2.41. The van der Waals surface area contributed by atoms with E-state index in [-0.39, 0.29) is 23.7 Å². The fourth-order valence-corrected chi connectivity index (χ4v) is 2.53. The second-order valence-electron chi connectivity index (χ2n) is 6.05. The molecule has 6 heteroatoms. The number of ketones is 2. The third-order valence-corrected chi connectivity index (χ3v) is 3.96. The van der Waals surface area contributed by atoms with Gasteiger partial charge in [-0.05, 0) is 54.5 Å². The molecule has 0 amide bonds. The van der Waals surface area contributed by atoms with Crippen LogP contribution in [0.2, 0.25) is 0 Å². The van der Waals surface area contributed by atoms with Crippen LogP contribution in [0.25, 0.3) is 12.2 Å². The van der Waals surface area contributed by atoms with Crippen molar-refractivity contribution in [1.82, 2.24) is 0 Å². The number of hydrogen-bond donors (Lipinski definition) is 1. The Hall–Kier alpha value is -3.54. The van der Waals surface area contributed by atoms with E-state index in [1.54, 1.807) is 49.6 Å². The van der Waals surface area contributed by atoms with Gasteiger partial charge in [-0.25, -0.2) is 0 Å². The van der Waals surface area contributed by atoms with Gasteiger partial charge in [-0.1, -0.05) is 24.3 Å². The van der Waals surface area contributed by atoms with Crippen LogP contribution in [-0.4, -0.2) is 37.5 Å². The number of aromatic hydroxyl groups is 1. The highest BCUT2D eigenvalue weighted by Gasteiger charge is 2.07. The molecule has 0 heterocycles. The maximum absolute atomic E-state index is 12.1. The third kappa shape index (κ3) is 6.53. The lowest BCUT2D eigenvalue weighted by Gasteiger charge is -2.09. The topological polar surface area (TPSA) is 82.1 Å². The molecule has 0 unspecified atom stereocenters. The summed E-state index contributed by atoms with van der Waals surface area (Å²) in [5, 5.41) is 9.58. The first-order valence-electron chi connectivity index (χ1n) is 9.06. The number of ether oxygens (including phenoxy) is 3. The van der Waals surface area contributed by atoms with Crippen LogP contribution < -0.4 is 14.2 Å². The van der Waals surface area contributed by atoms with E-state index in [1.165, 1.54) is 25.3 Å². The summed E-state index contributed by atoms with van der Waals surface area (Å²) < 4.78 is 15.8. The van der Waals surface area contributed by atoms with E-state index < -0.39 is 0 Å². The molecule has 0 aliphatic carbocycles. The molecule has 0 spiro atoms. The van der Waals surface area contributed by atoms with Crippen LogP contribution in [0.3, 0.4) is 0 Å². The smallest absolute Gasteiger partial charge is 0.163 e. The molecule has 2 aromatic carbocycles. The van der Waals surface area contributed by atoms with Crippen LogP contribution in [0.15, 0.2) is 48.6 Å². The lowest BCUT2D eigenvalue weighted by Crippen LogP contribution is -2.02. The zero-order valence-electron chi connectivity index (χ0n) is 16.7. The second kappa shape index (κ2) is 10.7. The SMILES string of the molecule is CCOc1ccc(/C=C/C(=O)CC(=O)/C=C/c2ccc(O)c(OC)c2)cc1OC. The van der Waals surface area contributed by atoms with Gasteiger partial charge in [0.2, 0.25) is 0 Å². The summed E-state index contributed by atoms with van der Waals surface area (Å²) in [7, 11) is 2.99. The summed E-state index contributed by atoms with van der Waals surface area (Å²) in [5.41, 5.74) is 1.44. The highest BCUT2D eigenvalue weighted by atomic mass is 16.5. The van der Waals surface area contributed by atoms with E-state index in [1.807, 2.05) is 6.92 Å². The predicted octanol–water partition coefficient (Wildman–Crippen LogP) is 4.06. The van der Waals surface area contributed by atoms with Crippen LogP contribution in [0, 0.1) is 0 Å². The van der Waals surface area contributed by atoms with Crippen LogP contribution in [0.5, 0.6) is 23.0 Å². The van der Waals surface area contributed by atoms with Crippen molar-refractivity contribution in [1.29, 1.82) is 0 Å². The van der Waals surface area contributed by atoms with Crippen LogP contribution in [0.1, 0.15) is 24.5 Å². The zero-order valence-corrected chi connectivity index (χ0v) is 16.7. The van der Waals surface area contributed by atoms with Crippen molar-refractivity contribution in [3.63, 3.8) is 0 Å². The van der Waals surface area contributed by atoms with Crippen molar-refractivity contribution in [3.05, 3.63) is 59.7 Å². The number of phenolic OH excluding ortho intramolecular Hbond substituents is 1. The third-order valence-electron chi connectivity index (χ3n) is 3.96. The number of benzene rings is 2. The summed E-state index contributed by atoms with van der Waals surface area (Å²) in [5.74, 6) is 0.896. The number of methoxy groups -OCH3 is 2. The number of rotatable bonds is 10. The van der Waals surface area contributed by atoms with Crippen molar-refractivity contribution in [2.75, 3.05) is 20.8 Å². The first-order chi connectivity index (χ1) is 14.0. The lowest BCUT2D eigenvalue weighted by atomic mass is 10.1. The van der Waals surface area contributed by atoms with Gasteiger partial charge in [0.1, 0.15) is 0 Å². The number of hydrogen-bond acceptors (Lipinski definition) is 6. The second-order valence-corrected chi connectivity index (χ2v) is 6.05. The molecule has 0 fully saturated rings. The molecule has 0 saturated heterocycles. The van der Waals surface area contributed by atoms with Crippen molar-refractivity contribution >= 4 is 23.7 Å². The molecule has 0 aliphatic rings. The average Bonchev–Trinajstić information content (AvgIpc) is 2.72. The highest BCUT2D eigenvalue weighted by molar-refractivity contribution is 6.10. The van der Waals surface area contributed by atoms with Gasteiger partial charge in [-0.3, -0.25) is 9.59 Å². The minimum absolute atomic E-state index is 0.0159. The molecule has 1 N–H and O–H groups in total. The molecule has 6 nitrogen and oxygen atoms in total. The van der Waals surface area contributed by atoms with Gasteiger partial charge in [0.25, 0.3) is 0 Å². The van der Waals surface area contributed by atoms with Gasteiger partial charge in [-0.2, -0.15) is 0 Å². The number of allylic oxidation sites excluding steroid dienone is 2. The van der Waals surface area contributed by atoms with Gasteiger partial charge < -0.3 is 19.3 Å². The van der Waals surface area contributed by atoms with E-state index in [2.05, 4.69) is 0 Å². The molecule has 2 rings (SSSR count). The van der Waals surface area contributed by atoms with E-state index in [0.29, 0.717) is 29.4 Å². The molecule has 152 valence electrons. The van der Waals surface area contributed by atoms with E-state index >= 15 is 0 Å². The number of carbonyl (C=O) groups is 2. The summed E-state index contributed by atoms with van der Waals surface area (Å²) in [6, 6.07) is 10.0. The minimum Gasteiger partial charge on any atom is -0.504 e. The fourth-order valence-electron chi connectivity index (χ4n) is 2.53. The molecule has 0 aliphatic heterocycles. The maximum atomic E-state index is 12.1. The molecule has 2 aromatic rings. The standard InChI is InChI=1S/C23H24O6/c1-4-29-21-12-8-17(14-23(21)28-3)6-10-19(25)15-18(24)9-5-16-7-11-20(26)22(13-16)27-2/h5-14,26H,4,15H2,1-3H3/b9-5+,10-6+. The Morgan fingerprint density at radius 3 is 1.97 bits per heavy atom. The van der Waals surface area contributed by atoms with Crippen LogP contribution in [-0.2, 0) is 9.59 Å².